The molecular formula is C13H10ClNO. The van der Waals surface area contributed by atoms with E-state index in [1.54, 1.807) is 24.3 Å². The zero-order chi connectivity index (χ0) is 11.5. The Hall–Kier alpha value is -1.80. The van der Waals surface area contributed by atoms with Gasteiger partial charge in [0.2, 0.25) is 5.91 Å². The van der Waals surface area contributed by atoms with E-state index in [1.165, 1.54) is 0 Å². The highest BCUT2D eigenvalue weighted by atomic mass is 35.5. The number of hydrogen-bond donors (Lipinski definition) is 1. The van der Waals surface area contributed by atoms with E-state index in [-0.39, 0.29) is 0 Å². The maximum atomic E-state index is 11.3. The van der Waals surface area contributed by atoms with E-state index in [0.29, 0.717) is 10.6 Å². The normalized spacial score (nSPS) is 10.1. The number of carbonyl (C=O) groups excluding carboxylic acids is 1. The maximum absolute atomic E-state index is 11.3. The molecule has 0 spiro atoms. The minimum absolute atomic E-state index is 0.425. The standard InChI is InChI=1S/C13H10ClNO/c14-10-7-5-9(6-8-10)11-3-1-2-4-12(11)13(15)16/h1-8H,(H2,15,16). The largest absolute Gasteiger partial charge is 0.366 e. The molecule has 3 heteroatoms. The van der Waals surface area contributed by atoms with Crippen LogP contribution in [-0.4, -0.2) is 5.91 Å². The summed E-state index contributed by atoms with van der Waals surface area (Å²) >= 11 is 5.81. The van der Waals surface area contributed by atoms with Gasteiger partial charge < -0.3 is 5.73 Å². The van der Waals surface area contributed by atoms with E-state index in [4.69, 9.17) is 17.3 Å². The Morgan fingerprint density at radius 1 is 1.00 bits per heavy atom. The van der Waals surface area contributed by atoms with Gasteiger partial charge in [0.25, 0.3) is 0 Å². The second-order valence-electron chi connectivity index (χ2n) is 3.42. The molecule has 0 bridgehead atoms. The summed E-state index contributed by atoms with van der Waals surface area (Å²) in [6, 6.07) is 14.5. The van der Waals surface area contributed by atoms with Gasteiger partial charge in [-0.2, -0.15) is 0 Å². The zero-order valence-corrected chi connectivity index (χ0v) is 9.24. The molecule has 2 N–H and O–H groups in total. The van der Waals surface area contributed by atoms with Gasteiger partial charge in [-0.1, -0.05) is 41.9 Å². The molecule has 0 fully saturated rings. The highest BCUT2D eigenvalue weighted by Crippen LogP contribution is 2.24. The van der Waals surface area contributed by atoms with Crippen LogP contribution in [0.1, 0.15) is 10.4 Å². The van der Waals surface area contributed by atoms with Crippen LogP contribution in [0.3, 0.4) is 0 Å². The number of carbonyl (C=O) groups is 1. The van der Waals surface area contributed by atoms with Gasteiger partial charge in [0.15, 0.2) is 0 Å². The minimum Gasteiger partial charge on any atom is -0.366 e. The van der Waals surface area contributed by atoms with Crippen LogP contribution in [0.2, 0.25) is 5.02 Å². The molecule has 1 amide bonds. The van der Waals surface area contributed by atoms with Crippen molar-refractivity contribution in [2.45, 2.75) is 0 Å². The van der Waals surface area contributed by atoms with E-state index in [9.17, 15) is 4.79 Å². The first-order valence-electron chi connectivity index (χ1n) is 4.83. The van der Waals surface area contributed by atoms with Crippen molar-refractivity contribution in [1.82, 2.24) is 0 Å². The summed E-state index contributed by atoms with van der Waals surface area (Å²) < 4.78 is 0. The van der Waals surface area contributed by atoms with E-state index in [0.717, 1.165) is 11.1 Å². The maximum Gasteiger partial charge on any atom is 0.249 e. The van der Waals surface area contributed by atoms with Crippen LogP contribution in [0, 0.1) is 0 Å². The van der Waals surface area contributed by atoms with E-state index >= 15 is 0 Å². The third-order valence-electron chi connectivity index (χ3n) is 2.35. The van der Waals surface area contributed by atoms with Crippen molar-refractivity contribution in [2.24, 2.45) is 5.73 Å². The average molecular weight is 232 g/mol. The van der Waals surface area contributed by atoms with Crippen molar-refractivity contribution in [2.75, 3.05) is 0 Å². The van der Waals surface area contributed by atoms with Gasteiger partial charge in [0.05, 0.1) is 0 Å². The molecule has 0 heterocycles. The summed E-state index contributed by atoms with van der Waals surface area (Å²) in [5.74, 6) is -0.425. The summed E-state index contributed by atoms with van der Waals surface area (Å²) in [4.78, 5) is 11.3. The van der Waals surface area contributed by atoms with Crippen LogP contribution in [0.4, 0.5) is 0 Å². The lowest BCUT2D eigenvalue weighted by atomic mass is 9.99. The second kappa shape index (κ2) is 4.37. The number of primary amides is 1. The Bertz CT molecular complexity index is 520. The minimum atomic E-state index is -0.425. The Labute approximate surface area is 98.7 Å². The van der Waals surface area contributed by atoms with Crippen LogP contribution in [-0.2, 0) is 0 Å². The topological polar surface area (TPSA) is 43.1 Å². The fraction of sp³-hybridized carbons (Fsp3) is 0. The molecular weight excluding hydrogens is 222 g/mol. The molecule has 0 saturated carbocycles. The number of hydrogen-bond acceptors (Lipinski definition) is 1. The summed E-state index contributed by atoms with van der Waals surface area (Å²) in [5, 5.41) is 0.667. The van der Waals surface area contributed by atoms with Crippen molar-refractivity contribution >= 4 is 17.5 Å². The molecule has 80 valence electrons. The van der Waals surface area contributed by atoms with Crippen LogP contribution in [0.25, 0.3) is 11.1 Å². The highest BCUT2D eigenvalue weighted by Gasteiger charge is 2.08. The molecule has 0 aromatic heterocycles. The molecule has 2 aromatic carbocycles. The fourth-order valence-electron chi connectivity index (χ4n) is 1.58. The number of rotatable bonds is 2. The molecule has 0 aliphatic heterocycles. The van der Waals surface area contributed by atoms with Gasteiger partial charge in [-0.25, -0.2) is 0 Å². The molecule has 2 aromatic rings. The van der Waals surface area contributed by atoms with Gasteiger partial charge >= 0.3 is 0 Å². The third-order valence-corrected chi connectivity index (χ3v) is 2.60. The molecule has 0 atom stereocenters. The van der Waals surface area contributed by atoms with Crippen molar-refractivity contribution in [3.05, 3.63) is 59.1 Å². The number of nitrogens with two attached hydrogens (primary N) is 1. The first kappa shape index (κ1) is 10.7. The Morgan fingerprint density at radius 3 is 2.25 bits per heavy atom. The SMILES string of the molecule is NC(=O)c1ccccc1-c1ccc(Cl)cc1. The van der Waals surface area contributed by atoms with Gasteiger partial charge in [-0.05, 0) is 29.3 Å². The summed E-state index contributed by atoms with van der Waals surface area (Å²) in [5.41, 5.74) is 7.59. The molecule has 0 aliphatic rings. The first-order chi connectivity index (χ1) is 7.68. The van der Waals surface area contributed by atoms with Crippen molar-refractivity contribution in [3.8, 4) is 11.1 Å². The van der Waals surface area contributed by atoms with E-state index in [2.05, 4.69) is 0 Å². The molecule has 2 rings (SSSR count). The van der Waals surface area contributed by atoms with Crippen molar-refractivity contribution < 1.29 is 4.79 Å². The summed E-state index contributed by atoms with van der Waals surface area (Å²) in [6.07, 6.45) is 0. The molecule has 2 nitrogen and oxygen atoms in total. The predicted octanol–water partition coefficient (Wildman–Crippen LogP) is 3.11. The Kier molecular flexibility index (Phi) is 2.93. The van der Waals surface area contributed by atoms with E-state index in [1.807, 2.05) is 24.3 Å². The monoisotopic (exact) mass is 231 g/mol. The van der Waals surface area contributed by atoms with E-state index < -0.39 is 5.91 Å². The number of amides is 1. The Balaban J connectivity index is 2.55. The fourth-order valence-corrected chi connectivity index (χ4v) is 1.71. The molecule has 16 heavy (non-hydrogen) atoms. The smallest absolute Gasteiger partial charge is 0.249 e. The predicted molar refractivity (Wildman–Crippen MR) is 65.4 cm³/mol. The third kappa shape index (κ3) is 2.07. The number of benzene rings is 2. The van der Waals surface area contributed by atoms with Gasteiger partial charge in [0, 0.05) is 10.6 Å². The first-order valence-corrected chi connectivity index (χ1v) is 5.21. The van der Waals surface area contributed by atoms with Crippen LogP contribution < -0.4 is 5.73 Å². The lowest BCUT2D eigenvalue weighted by Crippen LogP contribution is -2.12. The van der Waals surface area contributed by atoms with Crippen LogP contribution in [0.5, 0.6) is 0 Å². The van der Waals surface area contributed by atoms with Crippen molar-refractivity contribution in [3.63, 3.8) is 0 Å². The quantitative estimate of drug-likeness (QED) is 0.848. The second-order valence-corrected chi connectivity index (χ2v) is 3.85. The summed E-state index contributed by atoms with van der Waals surface area (Å²) in [7, 11) is 0. The zero-order valence-electron chi connectivity index (χ0n) is 8.48. The van der Waals surface area contributed by atoms with Gasteiger partial charge in [-0.3, -0.25) is 4.79 Å². The van der Waals surface area contributed by atoms with Gasteiger partial charge in [-0.15, -0.1) is 0 Å². The lowest BCUT2D eigenvalue weighted by Gasteiger charge is -2.06. The molecule has 0 unspecified atom stereocenters. The molecule has 0 aliphatic carbocycles. The van der Waals surface area contributed by atoms with Crippen molar-refractivity contribution in [1.29, 1.82) is 0 Å². The molecule has 0 radical (unpaired) electrons. The summed E-state index contributed by atoms with van der Waals surface area (Å²) in [6.45, 7) is 0. The number of halogens is 1. The van der Waals surface area contributed by atoms with Crippen LogP contribution in [0.15, 0.2) is 48.5 Å². The average Bonchev–Trinajstić information content (AvgIpc) is 2.30. The Morgan fingerprint density at radius 2 is 1.62 bits per heavy atom. The lowest BCUT2D eigenvalue weighted by molar-refractivity contribution is 0.100. The highest BCUT2D eigenvalue weighted by molar-refractivity contribution is 6.30. The molecule has 0 saturated heterocycles. The van der Waals surface area contributed by atoms with Crippen LogP contribution >= 0.6 is 11.6 Å². The van der Waals surface area contributed by atoms with Gasteiger partial charge in [0.1, 0.15) is 0 Å².